The van der Waals surface area contributed by atoms with E-state index < -0.39 is 0 Å². The highest BCUT2D eigenvalue weighted by Crippen LogP contribution is 2.20. The van der Waals surface area contributed by atoms with Gasteiger partial charge in [-0.05, 0) is 45.6 Å². The van der Waals surface area contributed by atoms with Gasteiger partial charge >= 0.3 is 0 Å². The molecule has 1 aliphatic heterocycles. The van der Waals surface area contributed by atoms with E-state index in [-0.39, 0.29) is 13.4 Å². The average molecular weight is 244 g/mol. The van der Waals surface area contributed by atoms with Crippen LogP contribution in [0.25, 0.3) is 0 Å². The first-order chi connectivity index (χ1) is 8.11. The molecule has 1 amide bonds. The molecule has 0 aromatic rings. The van der Waals surface area contributed by atoms with E-state index >= 15 is 0 Å². The van der Waals surface area contributed by atoms with Gasteiger partial charge in [-0.25, -0.2) is 0 Å². The third kappa shape index (κ3) is 6.03. The second kappa shape index (κ2) is 7.67. The van der Waals surface area contributed by atoms with Gasteiger partial charge in [0.15, 0.2) is 0 Å². The lowest BCUT2D eigenvalue weighted by Crippen LogP contribution is -2.39. The topological polar surface area (TPSA) is 41.6 Å². The molecule has 0 radical (unpaired) electrons. The lowest BCUT2D eigenvalue weighted by molar-refractivity contribution is -0.122. The molecular weight excluding hydrogens is 216 g/mol. The largest absolute Gasteiger partial charge is 0.385 e. The van der Waals surface area contributed by atoms with E-state index in [4.69, 9.17) is 4.74 Å². The molecular formula is C13H28N2O2. The molecule has 0 aliphatic carbocycles. The van der Waals surface area contributed by atoms with Gasteiger partial charge in [-0.1, -0.05) is 0 Å². The van der Waals surface area contributed by atoms with Crippen molar-refractivity contribution in [1.82, 2.24) is 10.2 Å². The fraction of sp³-hybridized carbons (Fsp3) is 0.923. The summed E-state index contributed by atoms with van der Waals surface area (Å²) in [6.45, 7) is 7.52. The van der Waals surface area contributed by atoms with Gasteiger partial charge in [0.05, 0.1) is 6.54 Å². The minimum absolute atomic E-state index is 0. The first-order valence-electron chi connectivity index (χ1n) is 6.62. The highest BCUT2D eigenvalue weighted by Gasteiger charge is 2.23. The second-order valence-corrected chi connectivity index (χ2v) is 5.25. The maximum Gasteiger partial charge on any atom is 0.234 e. The molecule has 0 saturated carbocycles. The molecule has 0 spiro atoms. The summed E-state index contributed by atoms with van der Waals surface area (Å²) in [6.07, 6.45) is 3.57. The van der Waals surface area contributed by atoms with E-state index in [0.717, 1.165) is 32.0 Å². The Morgan fingerprint density at radius 1 is 1.59 bits per heavy atom. The normalized spacial score (nSPS) is 21.1. The van der Waals surface area contributed by atoms with E-state index in [1.807, 2.05) is 13.8 Å². The van der Waals surface area contributed by atoms with Crippen LogP contribution in [0.5, 0.6) is 0 Å². The van der Waals surface area contributed by atoms with Gasteiger partial charge in [0.25, 0.3) is 0 Å². The molecule has 1 atom stereocenters. The first kappa shape index (κ1) is 14.5. The number of rotatable bonds is 7. The Bertz CT molecular complexity index is 237. The molecule has 1 aliphatic rings. The van der Waals surface area contributed by atoms with Crippen molar-refractivity contribution in [3.8, 4) is 0 Å². The number of carbonyl (C=O) groups excluding carboxylic acids is 1. The summed E-state index contributed by atoms with van der Waals surface area (Å²) in [6, 6.07) is 0.239. The molecule has 0 bridgehead atoms. The minimum Gasteiger partial charge on any atom is -0.385 e. The first-order valence-corrected chi connectivity index (χ1v) is 6.62. The van der Waals surface area contributed by atoms with Crippen LogP contribution in [0, 0.1) is 5.92 Å². The van der Waals surface area contributed by atoms with Crippen molar-refractivity contribution in [3.63, 3.8) is 0 Å². The third-order valence-corrected chi connectivity index (χ3v) is 3.15. The quantitative estimate of drug-likeness (QED) is 0.690. The van der Waals surface area contributed by atoms with Crippen LogP contribution in [0.4, 0.5) is 0 Å². The highest BCUT2D eigenvalue weighted by molar-refractivity contribution is 5.78. The van der Waals surface area contributed by atoms with Crippen LogP contribution in [-0.2, 0) is 9.53 Å². The lowest BCUT2D eigenvalue weighted by Gasteiger charge is -2.16. The van der Waals surface area contributed by atoms with Gasteiger partial charge in [0.2, 0.25) is 5.91 Å². The van der Waals surface area contributed by atoms with Crippen molar-refractivity contribution in [2.24, 2.45) is 5.92 Å². The van der Waals surface area contributed by atoms with Gasteiger partial charge in [0, 0.05) is 27.7 Å². The number of carbonyl (C=O) groups is 1. The zero-order valence-electron chi connectivity index (χ0n) is 11.4. The summed E-state index contributed by atoms with van der Waals surface area (Å²) in [5.74, 6) is 0.898. The molecule has 17 heavy (non-hydrogen) atoms. The van der Waals surface area contributed by atoms with Crippen molar-refractivity contribution in [2.45, 2.75) is 39.2 Å². The van der Waals surface area contributed by atoms with Crippen LogP contribution < -0.4 is 5.32 Å². The standard InChI is InChI=1S/C13H26N2O2.H2/c1-11(2)14-13(16)10-15-7-6-12(9-15)5-4-8-17-3;/h11-12H,4-10H2,1-3H3,(H,14,16);1H. The van der Waals surface area contributed by atoms with Crippen LogP contribution in [-0.4, -0.2) is 50.2 Å². The van der Waals surface area contributed by atoms with Crippen LogP contribution in [0.2, 0.25) is 0 Å². The molecule has 1 N–H and O–H groups in total. The minimum atomic E-state index is 0. The predicted octanol–water partition coefficient (Wildman–Crippen LogP) is 1.51. The number of ether oxygens (including phenoxy) is 1. The Labute approximate surface area is 106 Å². The van der Waals surface area contributed by atoms with E-state index in [1.54, 1.807) is 7.11 Å². The smallest absolute Gasteiger partial charge is 0.234 e. The van der Waals surface area contributed by atoms with Gasteiger partial charge in [-0.3, -0.25) is 9.69 Å². The summed E-state index contributed by atoms with van der Waals surface area (Å²) >= 11 is 0. The summed E-state index contributed by atoms with van der Waals surface area (Å²) in [4.78, 5) is 13.9. The lowest BCUT2D eigenvalue weighted by atomic mass is 10.0. The van der Waals surface area contributed by atoms with Crippen molar-refractivity contribution in [2.75, 3.05) is 33.4 Å². The monoisotopic (exact) mass is 244 g/mol. The van der Waals surface area contributed by atoms with Gasteiger partial charge < -0.3 is 10.1 Å². The Morgan fingerprint density at radius 3 is 3.00 bits per heavy atom. The number of likely N-dealkylation sites (tertiary alicyclic amines) is 1. The predicted molar refractivity (Wildman–Crippen MR) is 71.0 cm³/mol. The van der Waals surface area contributed by atoms with Crippen LogP contribution in [0.15, 0.2) is 0 Å². The van der Waals surface area contributed by atoms with Crippen molar-refractivity contribution in [3.05, 3.63) is 0 Å². The number of hydrogen-bond acceptors (Lipinski definition) is 3. The van der Waals surface area contributed by atoms with Gasteiger partial charge in [-0.2, -0.15) is 0 Å². The van der Waals surface area contributed by atoms with Crippen molar-refractivity contribution < 1.29 is 11.0 Å². The Morgan fingerprint density at radius 2 is 2.35 bits per heavy atom. The molecule has 0 aromatic heterocycles. The molecule has 0 aromatic carbocycles. The molecule has 4 nitrogen and oxygen atoms in total. The fourth-order valence-corrected chi connectivity index (χ4v) is 2.38. The molecule has 102 valence electrons. The molecule has 1 heterocycles. The Hall–Kier alpha value is -0.610. The van der Waals surface area contributed by atoms with Crippen LogP contribution >= 0.6 is 0 Å². The third-order valence-electron chi connectivity index (χ3n) is 3.15. The zero-order valence-corrected chi connectivity index (χ0v) is 11.4. The summed E-state index contributed by atoms with van der Waals surface area (Å²) in [5, 5.41) is 2.94. The fourth-order valence-electron chi connectivity index (χ4n) is 2.38. The maximum absolute atomic E-state index is 11.6. The summed E-state index contributed by atoms with van der Waals surface area (Å²) in [5.41, 5.74) is 0. The second-order valence-electron chi connectivity index (χ2n) is 5.25. The van der Waals surface area contributed by atoms with Gasteiger partial charge in [-0.15, -0.1) is 0 Å². The molecule has 1 rings (SSSR count). The van der Waals surface area contributed by atoms with Crippen molar-refractivity contribution in [1.29, 1.82) is 0 Å². The maximum atomic E-state index is 11.6. The number of methoxy groups -OCH3 is 1. The van der Waals surface area contributed by atoms with E-state index in [1.165, 1.54) is 12.8 Å². The van der Waals surface area contributed by atoms with Crippen LogP contribution in [0.1, 0.15) is 34.5 Å². The SMILES string of the molecule is COCCCC1CCN(CC(=O)NC(C)C)C1.[HH]. The van der Waals surface area contributed by atoms with E-state index in [0.29, 0.717) is 6.54 Å². The average Bonchev–Trinajstić information content (AvgIpc) is 2.64. The zero-order chi connectivity index (χ0) is 12.7. The molecule has 1 fully saturated rings. The number of hydrogen-bond donors (Lipinski definition) is 1. The van der Waals surface area contributed by atoms with E-state index in [9.17, 15) is 4.79 Å². The molecule has 4 heteroatoms. The van der Waals surface area contributed by atoms with Crippen molar-refractivity contribution >= 4 is 5.91 Å². The molecule has 1 saturated heterocycles. The number of nitrogens with one attached hydrogen (secondary N) is 1. The number of nitrogens with zero attached hydrogens (tertiary/aromatic N) is 1. The Balaban J connectivity index is 0.00000289. The molecule has 1 unspecified atom stereocenters. The Kier molecular flexibility index (Phi) is 6.52. The van der Waals surface area contributed by atoms with Crippen LogP contribution in [0.3, 0.4) is 0 Å². The summed E-state index contributed by atoms with van der Waals surface area (Å²) in [7, 11) is 1.75. The van der Waals surface area contributed by atoms with E-state index in [2.05, 4.69) is 10.2 Å². The summed E-state index contributed by atoms with van der Waals surface area (Å²) < 4.78 is 5.06. The number of amides is 1. The van der Waals surface area contributed by atoms with Gasteiger partial charge in [0.1, 0.15) is 0 Å². The highest BCUT2D eigenvalue weighted by atomic mass is 16.5.